The van der Waals surface area contributed by atoms with Crippen LogP contribution in [0.15, 0.2) is 0 Å². The zero-order chi connectivity index (χ0) is 15.2. The zero-order valence-electron chi connectivity index (χ0n) is 11.6. The van der Waals surface area contributed by atoms with Gasteiger partial charge >= 0.3 is 7.60 Å². The van der Waals surface area contributed by atoms with Crippen LogP contribution in [-0.4, -0.2) is 33.7 Å². The molecule has 0 saturated carbocycles. The molecule has 0 heterocycles. The highest BCUT2D eigenvalue weighted by atomic mass is 32.2. The van der Waals surface area contributed by atoms with E-state index in [-0.39, 0.29) is 0 Å². The minimum absolute atomic E-state index is 0.911. The fourth-order valence-electron chi connectivity index (χ4n) is 2.74. The average molecular weight is 302 g/mol. The molecule has 0 bridgehead atoms. The summed E-state index contributed by atoms with van der Waals surface area (Å²) in [6.45, 7) is 9.26. The molecule has 0 unspecified atom stereocenters. The van der Waals surface area contributed by atoms with E-state index < -0.39 is 39.5 Å². The summed E-state index contributed by atoms with van der Waals surface area (Å²) in [7, 11) is -9.28. The third-order valence-corrected chi connectivity index (χ3v) is 6.64. The highest BCUT2D eigenvalue weighted by Gasteiger charge is 2.62. The van der Waals surface area contributed by atoms with Gasteiger partial charge in [0.2, 0.25) is 0 Å². The van der Waals surface area contributed by atoms with E-state index in [1.807, 2.05) is 0 Å². The molecule has 0 saturated heterocycles. The van der Waals surface area contributed by atoms with Gasteiger partial charge in [0, 0.05) is 0 Å². The minimum Gasteiger partial charge on any atom is -0.324 e. The van der Waals surface area contributed by atoms with Crippen molar-refractivity contribution in [3.63, 3.8) is 0 Å². The zero-order valence-corrected chi connectivity index (χ0v) is 13.3. The van der Waals surface area contributed by atoms with Crippen LogP contribution in [0.5, 0.6) is 0 Å². The van der Waals surface area contributed by atoms with Crippen molar-refractivity contribution in [3.05, 3.63) is 0 Å². The molecule has 0 rings (SSSR count). The molecular formula is C10H23O6PS. The van der Waals surface area contributed by atoms with Crippen LogP contribution in [-0.2, 0) is 14.7 Å². The van der Waals surface area contributed by atoms with E-state index in [1.165, 1.54) is 0 Å². The second-order valence-corrected chi connectivity index (χ2v) is 9.92. The monoisotopic (exact) mass is 302 g/mol. The Balaban J connectivity index is 6.38. The maximum Gasteiger partial charge on any atom is 0.327 e. The number of rotatable bonds is 3. The molecule has 0 spiro atoms. The van der Waals surface area contributed by atoms with Gasteiger partial charge in [0.1, 0.15) is 4.75 Å². The van der Waals surface area contributed by atoms with Crippen LogP contribution in [0.1, 0.15) is 41.5 Å². The van der Waals surface area contributed by atoms with Gasteiger partial charge in [-0.05, 0) is 10.8 Å². The molecule has 0 aromatic heterocycles. The van der Waals surface area contributed by atoms with E-state index in [9.17, 15) is 27.3 Å². The number of hydrogen-bond acceptors (Lipinski definition) is 3. The molecule has 0 aliphatic carbocycles. The molecule has 0 amide bonds. The molecule has 0 atom stereocenters. The quantitative estimate of drug-likeness (QED) is 0.542. The van der Waals surface area contributed by atoms with E-state index >= 15 is 0 Å². The third kappa shape index (κ3) is 3.33. The Morgan fingerprint density at radius 2 is 1.22 bits per heavy atom. The van der Waals surface area contributed by atoms with Crippen LogP contribution >= 0.6 is 7.60 Å². The molecule has 0 aliphatic rings. The first-order valence-electron chi connectivity index (χ1n) is 5.47. The van der Waals surface area contributed by atoms with Crippen molar-refractivity contribution in [2.24, 2.45) is 10.8 Å². The Morgan fingerprint density at radius 3 is 1.28 bits per heavy atom. The van der Waals surface area contributed by atoms with Crippen molar-refractivity contribution in [2.45, 2.75) is 46.3 Å². The van der Waals surface area contributed by atoms with Crippen molar-refractivity contribution < 1.29 is 27.3 Å². The molecule has 0 aromatic carbocycles. The third-order valence-electron chi connectivity index (χ3n) is 3.29. The van der Waals surface area contributed by atoms with E-state index in [0.717, 1.165) is 0 Å². The van der Waals surface area contributed by atoms with E-state index in [0.29, 0.717) is 0 Å². The van der Waals surface area contributed by atoms with Crippen molar-refractivity contribution >= 4 is 17.7 Å². The van der Waals surface area contributed by atoms with Gasteiger partial charge in [0.25, 0.3) is 10.1 Å². The Kier molecular flexibility index (Phi) is 4.58. The predicted molar refractivity (Wildman–Crippen MR) is 70.1 cm³/mol. The van der Waals surface area contributed by atoms with E-state index in [2.05, 4.69) is 0 Å². The Labute approximate surface area is 109 Å². The van der Waals surface area contributed by atoms with Crippen molar-refractivity contribution in [1.82, 2.24) is 0 Å². The van der Waals surface area contributed by atoms with Gasteiger partial charge in [-0.3, -0.25) is 9.12 Å². The summed E-state index contributed by atoms with van der Waals surface area (Å²) in [5.41, 5.74) is -2.08. The summed E-state index contributed by atoms with van der Waals surface area (Å²) >= 11 is 0. The topological polar surface area (TPSA) is 112 Å². The second kappa shape index (κ2) is 4.56. The van der Waals surface area contributed by atoms with Gasteiger partial charge in [0.15, 0.2) is 0 Å². The molecule has 110 valence electrons. The molecule has 18 heavy (non-hydrogen) atoms. The van der Waals surface area contributed by atoms with Gasteiger partial charge in [-0.1, -0.05) is 41.5 Å². The first-order valence-corrected chi connectivity index (χ1v) is 8.71. The molecule has 0 radical (unpaired) electrons. The maximum absolute atomic E-state index is 11.8. The molecule has 6 nitrogen and oxygen atoms in total. The van der Waals surface area contributed by atoms with Crippen LogP contribution in [0.3, 0.4) is 0 Å². The van der Waals surface area contributed by atoms with Crippen LogP contribution in [0.4, 0.5) is 0 Å². The lowest BCUT2D eigenvalue weighted by Gasteiger charge is -2.50. The molecule has 0 aromatic rings. The highest BCUT2D eigenvalue weighted by Crippen LogP contribution is 2.56. The maximum atomic E-state index is 11.8. The van der Waals surface area contributed by atoms with Gasteiger partial charge in [0.05, 0.1) is 6.16 Å². The Morgan fingerprint density at radius 1 is 0.944 bits per heavy atom. The fourth-order valence-corrected chi connectivity index (χ4v) is 6.98. The molecule has 0 aliphatic heterocycles. The predicted octanol–water partition coefficient (Wildman–Crippen LogP) is 1.88. The Hall–Kier alpha value is 0.0600. The van der Waals surface area contributed by atoms with Crippen molar-refractivity contribution in [1.29, 1.82) is 0 Å². The SMILES string of the molecule is CC(C)(C)C(CP(=O)(O)O)(C(C)(C)C)S(=O)(=O)O. The standard InChI is InChI=1S/C10H23O6PS/c1-8(2,3)10(9(4,5)6,18(14,15)16)7-17(11,12)13/h7H2,1-6H3,(H2,11,12,13)(H,14,15,16). The lowest BCUT2D eigenvalue weighted by Crippen LogP contribution is -2.60. The largest absolute Gasteiger partial charge is 0.327 e. The van der Waals surface area contributed by atoms with Crippen LogP contribution in [0.2, 0.25) is 0 Å². The van der Waals surface area contributed by atoms with Gasteiger partial charge < -0.3 is 9.79 Å². The number of hydrogen-bond donors (Lipinski definition) is 3. The molecule has 8 heteroatoms. The van der Waals surface area contributed by atoms with E-state index in [4.69, 9.17) is 0 Å². The normalized spacial score (nSPS) is 15.8. The molecular weight excluding hydrogens is 279 g/mol. The average Bonchev–Trinajstić information content (AvgIpc) is 1.90. The molecule has 0 fully saturated rings. The van der Waals surface area contributed by atoms with Crippen LogP contribution in [0, 0.1) is 10.8 Å². The fraction of sp³-hybridized carbons (Fsp3) is 1.00. The van der Waals surface area contributed by atoms with E-state index in [1.54, 1.807) is 41.5 Å². The highest BCUT2D eigenvalue weighted by molar-refractivity contribution is 7.87. The van der Waals surface area contributed by atoms with Crippen LogP contribution < -0.4 is 0 Å². The van der Waals surface area contributed by atoms with Crippen molar-refractivity contribution in [3.8, 4) is 0 Å². The Bertz CT molecular complexity index is 434. The summed E-state index contributed by atoms with van der Waals surface area (Å²) in [5.74, 6) is 0. The summed E-state index contributed by atoms with van der Waals surface area (Å²) in [6, 6.07) is 0. The lowest BCUT2D eigenvalue weighted by atomic mass is 9.66. The van der Waals surface area contributed by atoms with Gasteiger partial charge in [-0.15, -0.1) is 0 Å². The first-order chi connectivity index (χ1) is 7.46. The van der Waals surface area contributed by atoms with Gasteiger partial charge in [-0.2, -0.15) is 8.42 Å². The summed E-state index contributed by atoms with van der Waals surface area (Å²) in [5, 5.41) is 0. The minimum atomic E-state index is -4.67. The van der Waals surface area contributed by atoms with Gasteiger partial charge in [-0.25, -0.2) is 0 Å². The second-order valence-electron chi connectivity index (χ2n) is 6.62. The summed E-state index contributed by atoms with van der Waals surface area (Å²) in [6.07, 6.45) is -0.911. The van der Waals surface area contributed by atoms with Crippen LogP contribution in [0.25, 0.3) is 0 Å². The smallest absolute Gasteiger partial charge is 0.324 e. The summed E-state index contributed by atoms with van der Waals surface area (Å²) < 4.78 is 42.6. The summed E-state index contributed by atoms with van der Waals surface area (Å²) in [4.78, 5) is 18.4. The molecule has 3 N–H and O–H groups in total. The lowest BCUT2D eigenvalue weighted by molar-refractivity contribution is 0.133. The first kappa shape index (κ1) is 18.1. The van der Waals surface area contributed by atoms with Crippen molar-refractivity contribution in [2.75, 3.05) is 6.16 Å².